The van der Waals surface area contributed by atoms with Gasteiger partial charge in [-0.2, -0.15) is 0 Å². The van der Waals surface area contributed by atoms with E-state index in [1.807, 2.05) is 50.2 Å². The summed E-state index contributed by atoms with van der Waals surface area (Å²) in [6.45, 7) is 4.51. The van der Waals surface area contributed by atoms with Crippen LogP contribution in [0.3, 0.4) is 0 Å². The van der Waals surface area contributed by atoms with Gasteiger partial charge in [-0.05, 0) is 38.1 Å². The van der Waals surface area contributed by atoms with E-state index in [9.17, 15) is 9.59 Å². The Morgan fingerprint density at radius 2 is 1.64 bits per heavy atom. The van der Waals surface area contributed by atoms with Crippen LogP contribution in [0, 0.1) is 6.92 Å². The zero-order chi connectivity index (χ0) is 19.7. The third-order valence-electron chi connectivity index (χ3n) is 4.75. The molecule has 0 saturated heterocycles. The minimum Gasteiger partial charge on any atom is -0.331 e. The van der Waals surface area contributed by atoms with Crippen molar-refractivity contribution in [3.05, 3.63) is 82.0 Å². The molecule has 0 saturated carbocycles. The zero-order valence-electron chi connectivity index (χ0n) is 15.8. The van der Waals surface area contributed by atoms with Gasteiger partial charge in [0, 0.05) is 17.6 Å². The summed E-state index contributed by atoms with van der Waals surface area (Å²) in [6.07, 6.45) is 0. The molecule has 0 aliphatic heterocycles. The van der Waals surface area contributed by atoms with E-state index in [-0.39, 0.29) is 18.0 Å². The van der Waals surface area contributed by atoms with E-state index >= 15 is 0 Å². The van der Waals surface area contributed by atoms with Crippen molar-refractivity contribution in [2.45, 2.75) is 20.4 Å². The molecule has 28 heavy (non-hydrogen) atoms. The summed E-state index contributed by atoms with van der Waals surface area (Å²) in [4.78, 5) is 39.1. The lowest BCUT2D eigenvalue weighted by atomic mass is 10.1. The third-order valence-corrected chi connectivity index (χ3v) is 4.75. The maximum atomic E-state index is 13.3. The van der Waals surface area contributed by atoms with Gasteiger partial charge in [-0.15, -0.1) is 0 Å². The van der Waals surface area contributed by atoms with Crippen LogP contribution in [0.15, 0.2) is 59.4 Å². The Morgan fingerprint density at radius 1 is 1.00 bits per heavy atom. The molecule has 0 fully saturated rings. The average Bonchev–Trinajstić information content (AvgIpc) is 2.71. The number of aromatic amines is 1. The summed E-state index contributed by atoms with van der Waals surface area (Å²) in [5, 5.41) is 1.35. The number of aryl methyl sites for hydroxylation is 1. The molecule has 4 rings (SSSR count). The number of amides is 1. The molecule has 2 aromatic heterocycles. The maximum absolute atomic E-state index is 13.3. The largest absolute Gasteiger partial charge is 0.331 e. The zero-order valence-corrected chi connectivity index (χ0v) is 15.8. The van der Waals surface area contributed by atoms with Crippen LogP contribution in [-0.2, 0) is 6.54 Å². The molecule has 0 radical (unpaired) electrons. The Morgan fingerprint density at radius 3 is 2.36 bits per heavy atom. The molecule has 0 bridgehead atoms. The van der Waals surface area contributed by atoms with Crippen molar-refractivity contribution in [3.8, 4) is 0 Å². The maximum Gasteiger partial charge on any atom is 0.258 e. The van der Waals surface area contributed by atoms with Crippen molar-refractivity contribution < 1.29 is 4.79 Å². The van der Waals surface area contributed by atoms with Crippen LogP contribution in [0.25, 0.3) is 21.8 Å². The Balaban J connectivity index is 1.72. The van der Waals surface area contributed by atoms with Crippen LogP contribution in [-0.4, -0.2) is 32.3 Å². The quantitative estimate of drug-likeness (QED) is 0.595. The first-order chi connectivity index (χ1) is 13.6. The highest BCUT2D eigenvalue weighted by atomic mass is 16.2. The second kappa shape index (κ2) is 7.23. The summed E-state index contributed by atoms with van der Waals surface area (Å²) in [5.41, 5.74) is 2.60. The van der Waals surface area contributed by atoms with Gasteiger partial charge >= 0.3 is 0 Å². The average molecular weight is 372 g/mol. The number of rotatable bonds is 4. The first-order valence-electron chi connectivity index (χ1n) is 9.20. The van der Waals surface area contributed by atoms with Crippen molar-refractivity contribution in [1.29, 1.82) is 0 Å². The molecule has 2 heterocycles. The number of carbonyl (C=O) groups is 1. The number of hydrogen-bond donors (Lipinski definition) is 1. The highest BCUT2D eigenvalue weighted by Crippen LogP contribution is 2.20. The lowest BCUT2D eigenvalue weighted by molar-refractivity contribution is 0.0750. The van der Waals surface area contributed by atoms with E-state index in [0.29, 0.717) is 28.8 Å². The number of nitrogens with zero attached hydrogens (tertiary/aromatic N) is 3. The number of benzene rings is 2. The van der Waals surface area contributed by atoms with Crippen LogP contribution < -0.4 is 5.56 Å². The van der Waals surface area contributed by atoms with Gasteiger partial charge in [-0.3, -0.25) is 14.6 Å². The number of pyridine rings is 1. The second-order valence-electron chi connectivity index (χ2n) is 6.68. The van der Waals surface area contributed by atoms with Gasteiger partial charge in [0.25, 0.3) is 11.5 Å². The van der Waals surface area contributed by atoms with Gasteiger partial charge in [0.05, 0.1) is 28.5 Å². The second-order valence-corrected chi connectivity index (χ2v) is 6.68. The molecule has 0 aliphatic rings. The molecule has 2 aromatic carbocycles. The Labute approximate surface area is 161 Å². The van der Waals surface area contributed by atoms with Gasteiger partial charge in [0.1, 0.15) is 5.82 Å². The Hall–Kier alpha value is -3.54. The molecule has 140 valence electrons. The highest BCUT2D eigenvalue weighted by molar-refractivity contribution is 6.06. The van der Waals surface area contributed by atoms with E-state index in [1.165, 1.54) is 0 Å². The Kier molecular flexibility index (Phi) is 4.61. The molecule has 6 nitrogen and oxygen atoms in total. The number of nitrogens with one attached hydrogen (secondary N) is 1. The summed E-state index contributed by atoms with van der Waals surface area (Å²) in [6, 6.07) is 16.6. The number of hydrogen-bond acceptors (Lipinski definition) is 4. The summed E-state index contributed by atoms with van der Waals surface area (Å²) >= 11 is 0. The van der Waals surface area contributed by atoms with Crippen molar-refractivity contribution in [2.24, 2.45) is 0 Å². The number of aromatic nitrogens is 3. The van der Waals surface area contributed by atoms with Gasteiger partial charge in [-0.25, -0.2) is 4.98 Å². The number of H-pyrrole nitrogens is 1. The van der Waals surface area contributed by atoms with Crippen molar-refractivity contribution >= 4 is 27.7 Å². The van der Waals surface area contributed by atoms with Crippen LogP contribution in [0.1, 0.15) is 28.8 Å². The topological polar surface area (TPSA) is 79.0 Å². The predicted molar refractivity (Wildman–Crippen MR) is 109 cm³/mol. The molecule has 1 amide bonds. The van der Waals surface area contributed by atoms with E-state index in [4.69, 9.17) is 0 Å². The molecule has 1 N–H and O–H groups in total. The normalized spacial score (nSPS) is 11.1. The molecule has 0 aliphatic carbocycles. The first-order valence-corrected chi connectivity index (χ1v) is 9.20. The lowest BCUT2D eigenvalue weighted by Gasteiger charge is -2.21. The monoisotopic (exact) mass is 372 g/mol. The van der Waals surface area contributed by atoms with Gasteiger partial charge < -0.3 is 9.88 Å². The minimum atomic E-state index is -0.200. The van der Waals surface area contributed by atoms with E-state index in [1.54, 1.807) is 23.1 Å². The summed E-state index contributed by atoms with van der Waals surface area (Å²) < 4.78 is 0. The fraction of sp³-hybridized carbons (Fsp3) is 0.182. The van der Waals surface area contributed by atoms with Gasteiger partial charge in [0.15, 0.2) is 0 Å². The SMILES string of the molecule is CCN(Cc1nc2ccccc2c(=O)[nH]1)C(=O)c1cc(C)nc2ccccc12. The lowest BCUT2D eigenvalue weighted by Crippen LogP contribution is -2.32. The van der Waals surface area contributed by atoms with E-state index < -0.39 is 0 Å². The molecule has 6 heteroatoms. The van der Waals surface area contributed by atoms with Gasteiger partial charge in [-0.1, -0.05) is 30.3 Å². The Bertz CT molecular complexity index is 1250. The van der Waals surface area contributed by atoms with Crippen LogP contribution in [0.5, 0.6) is 0 Å². The standard InChI is InChI=1S/C22H20N4O2/c1-3-26(13-20-24-19-11-7-5-9-16(19)21(27)25-20)22(28)17-12-14(2)23-18-10-6-4-8-15(17)18/h4-12H,3,13H2,1-2H3,(H,24,25,27). The number of para-hydroxylation sites is 2. The molecule has 0 spiro atoms. The van der Waals surface area contributed by atoms with Gasteiger partial charge in [0.2, 0.25) is 0 Å². The fourth-order valence-corrected chi connectivity index (χ4v) is 3.37. The van der Waals surface area contributed by atoms with Crippen molar-refractivity contribution in [1.82, 2.24) is 19.9 Å². The molecule has 0 atom stereocenters. The first kappa shape index (κ1) is 17.9. The predicted octanol–water partition coefficient (Wildman–Crippen LogP) is 3.44. The minimum absolute atomic E-state index is 0.111. The number of fused-ring (bicyclic) bond motifs is 2. The third kappa shape index (κ3) is 3.24. The fourth-order valence-electron chi connectivity index (χ4n) is 3.37. The van der Waals surface area contributed by atoms with E-state index in [2.05, 4.69) is 15.0 Å². The molecular formula is C22H20N4O2. The van der Waals surface area contributed by atoms with Crippen LogP contribution in [0.2, 0.25) is 0 Å². The van der Waals surface area contributed by atoms with Crippen molar-refractivity contribution in [2.75, 3.05) is 6.54 Å². The molecule has 4 aromatic rings. The van der Waals surface area contributed by atoms with Crippen LogP contribution >= 0.6 is 0 Å². The highest BCUT2D eigenvalue weighted by Gasteiger charge is 2.19. The van der Waals surface area contributed by atoms with Crippen molar-refractivity contribution in [3.63, 3.8) is 0 Å². The smallest absolute Gasteiger partial charge is 0.258 e. The molecular weight excluding hydrogens is 352 g/mol. The van der Waals surface area contributed by atoms with Crippen LogP contribution in [0.4, 0.5) is 0 Å². The van der Waals surface area contributed by atoms with E-state index in [0.717, 1.165) is 16.6 Å². The number of carbonyl (C=O) groups excluding carboxylic acids is 1. The summed E-state index contributed by atoms with van der Waals surface area (Å²) in [5.74, 6) is 0.356. The molecule has 0 unspecified atom stereocenters. The summed E-state index contributed by atoms with van der Waals surface area (Å²) in [7, 11) is 0.